The van der Waals surface area contributed by atoms with Crippen molar-refractivity contribution in [3.8, 4) is 0 Å². The summed E-state index contributed by atoms with van der Waals surface area (Å²) in [6.07, 6.45) is 25.9. The summed E-state index contributed by atoms with van der Waals surface area (Å²) >= 11 is 0. The summed E-state index contributed by atoms with van der Waals surface area (Å²) < 4.78 is 69.2. The van der Waals surface area contributed by atoms with Crippen LogP contribution in [-0.4, -0.2) is 57.7 Å². The Morgan fingerprint density at radius 2 is 1.03 bits per heavy atom. The molecule has 0 aromatic heterocycles. The van der Waals surface area contributed by atoms with E-state index in [1.807, 2.05) is 13.8 Å². The number of ether oxygens (including phenoxy) is 2. The Balaban J connectivity index is -0.000000329. The third-order valence-corrected chi connectivity index (χ3v) is 12.9. The minimum Gasteiger partial charge on any atom is -1.00 e. The Morgan fingerprint density at radius 1 is 0.633 bits per heavy atom. The molecule has 342 valence electrons. The van der Waals surface area contributed by atoms with Gasteiger partial charge in [-0.05, 0) is 55.4 Å². The van der Waals surface area contributed by atoms with Crippen molar-refractivity contribution in [2.24, 2.45) is 11.8 Å². The van der Waals surface area contributed by atoms with Crippen molar-refractivity contribution in [3.63, 3.8) is 0 Å². The summed E-state index contributed by atoms with van der Waals surface area (Å²) in [6.45, 7) is 10.6. The fourth-order valence-electron chi connectivity index (χ4n) is 6.38. The predicted molar refractivity (Wildman–Crippen MR) is 236 cm³/mol. The first-order valence-electron chi connectivity index (χ1n) is 22.3. The maximum Gasteiger partial charge on any atom is 1.00 e. The van der Waals surface area contributed by atoms with Crippen LogP contribution in [0.3, 0.4) is 0 Å². The Bertz CT molecular complexity index is 1460. The van der Waals surface area contributed by atoms with Crippen LogP contribution in [0.2, 0.25) is 0 Å². The number of anilines is 1. The zero-order valence-corrected chi connectivity index (χ0v) is 44.3. The van der Waals surface area contributed by atoms with Crippen LogP contribution in [0.1, 0.15) is 198 Å². The molecular weight excluding hydrogens is 827 g/mol. The Labute approximate surface area is 412 Å². The number of unbranched alkanes of at least 4 members (excludes halogenated alkanes) is 16. The fourth-order valence-corrected chi connectivity index (χ4v) is 8.06. The maximum absolute atomic E-state index is 12.2. The van der Waals surface area contributed by atoms with E-state index in [0.717, 1.165) is 70.6 Å². The Hall–Kier alpha value is -0.710. The molecular formula is C44H82N2Na2O10S2. The van der Waals surface area contributed by atoms with Crippen molar-refractivity contribution in [1.29, 1.82) is 0 Å². The van der Waals surface area contributed by atoms with E-state index in [2.05, 4.69) is 25.5 Å². The van der Waals surface area contributed by atoms with Crippen molar-refractivity contribution in [3.05, 3.63) is 24.3 Å². The minimum atomic E-state index is -4.76. The summed E-state index contributed by atoms with van der Waals surface area (Å²) in [6, 6.07) is 5.82. The van der Waals surface area contributed by atoms with E-state index in [1.54, 1.807) is 0 Å². The molecule has 0 spiro atoms. The largest absolute Gasteiger partial charge is 1.00 e. The van der Waals surface area contributed by atoms with E-state index in [-0.39, 0.29) is 98.3 Å². The van der Waals surface area contributed by atoms with Crippen molar-refractivity contribution in [2.45, 2.75) is 205 Å². The van der Waals surface area contributed by atoms with E-state index >= 15 is 0 Å². The monoisotopic (exact) mass is 909 g/mol. The third kappa shape index (κ3) is 33.8. The van der Waals surface area contributed by atoms with Crippen LogP contribution in [0.5, 0.6) is 0 Å². The molecule has 0 aliphatic rings. The number of carbonyl (C=O) groups excluding carboxylic acids is 3. The van der Waals surface area contributed by atoms with Crippen molar-refractivity contribution >= 4 is 43.7 Å². The molecule has 0 aliphatic heterocycles. The maximum atomic E-state index is 12.2. The topological polar surface area (TPSA) is 196 Å². The molecule has 60 heavy (non-hydrogen) atoms. The van der Waals surface area contributed by atoms with Crippen molar-refractivity contribution < 1.29 is 107 Å². The number of rotatable bonds is 34. The standard InChI is InChI=1S/C24H42N2O3S.C20H38O7S.2Na.2H/c1-2-3-4-5-6-7-8-9-10-11-12-13-14-15-16-17-24(27)26-30(28,29)23-20-18-22(25)19-21-23;1-5-9-11-16(7-3)14-26-19(21)13-18(28(23,24)25)20(22)27-15-17(8-4)12-10-6-2;;;;/h18-21H,2-17,25H2,1H3,(H,26,27);16-18H,5-15H2,1-4H3,(H,23,24,25);;;;/q;;2*+1;2*-1. The average Bonchev–Trinajstić information content (AvgIpc) is 3.18. The molecule has 1 amide bonds. The van der Waals surface area contributed by atoms with Crippen molar-refractivity contribution in [1.82, 2.24) is 4.72 Å². The number of nitrogen functional groups attached to an aromatic ring is 1. The van der Waals surface area contributed by atoms with Gasteiger partial charge in [0.2, 0.25) is 5.91 Å². The summed E-state index contributed by atoms with van der Waals surface area (Å²) in [4.78, 5) is 36.2. The van der Waals surface area contributed by atoms with Gasteiger partial charge in [-0.15, -0.1) is 0 Å². The first kappa shape index (κ1) is 63.6. The number of benzene rings is 1. The molecule has 4 N–H and O–H groups in total. The number of sulfonamides is 1. The predicted octanol–water partition coefficient (Wildman–Crippen LogP) is 4.72. The molecule has 3 atom stereocenters. The van der Waals surface area contributed by atoms with E-state index in [0.29, 0.717) is 5.69 Å². The first-order chi connectivity index (χ1) is 27.6. The summed E-state index contributed by atoms with van der Waals surface area (Å²) in [7, 11) is -8.57. The van der Waals surface area contributed by atoms with E-state index in [4.69, 9.17) is 15.2 Å². The zero-order chi connectivity index (χ0) is 43.7. The molecule has 0 saturated carbocycles. The second-order valence-corrected chi connectivity index (χ2v) is 18.9. The van der Waals surface area contributed by atoms with Gasteiger partial charge in [0.1, 0.15) is 0 Å². The van der Waals surface area contributed by atoms with Crippen LogP contribution in [0.25, 0.3) is 0 Å². The van der Waals surface area contributed by atoms with E-state index < -0.39 is 49.7 Å². The van der Waals surface area contributed by atoms with Crippen LogP contribution in [0.4, 0.5) is 5.69 Å². The van der Waals surface area contributed by atoms with Gasteiger partial charge in [-0.3, -0.25) is 18.9 Å². The fraction of sp³-hybridized carbons (Fsp3) is 0.795. The van der Waals surface area contributed by atoms with Gasteiger partial charge in [0, 0.05) is 12.1 Å². The molecule has 12 nitrogen and oxygen atoms in total. The molecule has 0 aliphatic carbocycles. The molecule has 0 heterocycles. The number of amides is 1. The molecule has 0 fully saturated rings. The molecule has 1 rings (SSSR count). The minimum absolute atomic E-state index is 0. The smallest absolute Gasteiger partial charge is 1.00 e. The van der Waals surface area contributed by atoms with Gasteiger partial charge in [0.15, 0.2) is 5.25 Å². The van der Waals surface area contributed by atoms with E-state index in [9.17, 15) is 35.8 Å². The van der Waals surface area contributed by atoms with Crippen molar-refractivity contribution in [2.75, 3.05) is 18.9 Å². The number of nitrogens with one attached hydrogen (secondary N) is 1. The molecule has 0 radical (unpaired) electrons. The third-order valence-electron chi connectivity index (χ3n) is 10.4. The van der Waals surface area contributed by atoms with Gasteiger partial charge in [-0.2, -0.15) is 8.42 Å². The SMILES string of the molecule is CCCCC(CC)COC(=O)CC(C(=O)OCC(CC)CCCC)S(=O)(=O)O.CCCCCCCCCCCCCCCCCC(=O)NS(=O)(=O)c1ccc(N)cc1.[H-].[H-].[Na+].[Na+]. The molecule has 3 unspecified atom stereocenters. The molecule has 1 aromatic rings. The Kier molecular flexibility index (Phi) is 42.2. The van der Waals surface area contributed by atoms with Crippen LogP contribution < -0.4 is 69.6 Å². The van der Waals surface area contributed by atoms with Gasteiger partial charge in [-0.25, -0.2) is 13.1 Å². The molecule has 16 heteroatoms. The second kappa shape index (κ2) is 39.8. The van der Waals surface area contributed by atoms with E-state index in [1.165, 1.54) is 101 Å². The number of hydrogen-bond acceptors (Lipinski definition) is 10. The number of nitrogens with two attached hydrogens (primary N) is 1. The van der Waals surface area contributed by atoms with Gasteiger partial charge >= 0.3 is 71.1 Å². The normalized spacial score (nSPS) is 12.7. The van der Waals surface area contributed by atoms with Gasteiger partial charge in [0.05, 0.1) is 24.5 Å². The number of hydrogen-bond donors (Lipinski definition) is 3. The number of carbonyl (C=O) groups is 3. The first-order valence-corrected chi connectivity index (χ1v) is 25.3. The van der Waals surface area contributed by atoms with Crippen LogP contribution in [-0.2, 0) is 44.0 Å². The van der Waals surface area contributed by atoms with Gasteiger partial charge in [0.25, 0.3) is 20.1 Å². The molecule has 0 bridgehead atoms. The van der Waals surface area contributed by atoms with Gasteiger partial charge < -0.3 is 18.1 Å². The molecule has 0 saturated heterocycles. The van der Waals surface area contributed by atoms with Gasteiger partial charge in [-0.1, -0.05) is 163 Å². The number of esters is 2. The zero-order valence-electron chi connectivity index (χ0n) is 40.6. The Morgan fingerprint density at radius 3 is 1.43 bits per heavy atom. The summed E-state index contributed by atoms with van der Waals surface area (Å²) in [5.41, 5.74) is 6.04. The van der Waals surface area contributed by atoms with Crippen LogP contribution in [0.15, 0.2) is 29.2 Å². The second-order valence-electron chi connectivity index (χ2n) is 15.7. The van der Waals surface area contributed by atoms with Crippen LogP contribution >= 0.6 is 0 Å². The average molecular weight is 909 g/mol. The summed E-state index contributed by atoms with van der Waals surface area (Å²) in [5, 5.41) is -1.95. The quantitative estimate of drug-likeness (QED) is 0.0285. The summed E-state index contributed by atoms with van der Waals surface area (Å²) in [5.74, 6) is -2.05. The van der Waals surface area contributed by atoms with Crippen LogP contribution in [0, 0.1) is 11.8 Å². The molecule has 1 aromatic carbocycles.